The summed E-state index contributed by atoms with van der Waals surface area (Å²) in [6, 6.07) is 26.7. The fourth-order valence-corrected chi connectivity index (χ4v) is 6.37. The van der Waals surface area contributed by atoms with Gasteiger partial charge in [-0.1, -0.05) is 78.9 Å². The standard InChI is InChI=1S/C33H26N4O3S/c1-3-26-29(32(39)40-2)30(23-9-5-4-6-10-23)37-31(38)28(41-33(37)35-26)17-24-20-36(27-12-8-7-11-25(24)27)19-22-15-13-21(18-34)14-16-22/h4-17,20,30H,3,19H2,1-2H3/b28-17+/t30-/m1/s1. The van der Waals surface area contributed by atoms with Crippen molar-refractivity contribution in [2.24, 2.45) is 4.99 Å². The molecule has 0 fully saturated rings. The van der Waals surface area contributed by atoms with Crippen molar-refractivity contribution in [3.63, 3.8) is 0 Å². The first-order valence-corrected chi connectivity index (χ1v) is 14.1. The van der Waals surface area contributed by atoms with Crippen LogP contribution in [0.3, 0.4) is 0 Å². The number of aromatic nitrogens is 2. The van der Waals surface area contributed by atoms with Crippen LogP contribution < -0.4 is 14.9 Å². The van der Waals surface area contributed by atoms with Crippen molar-refractivity contribution < 1.29 is 9.53 Å². The van der Waals surface area contributed by atoms with Crippen LogP contribution in [-0.2, 0) is 16.1 Å². The number of benzene rings is 3. The molecule has 0 N–H and O–H groups in total. The van der Waals surface area contributed by atoms with Crippen LogP contribution in [0.25, 0.3) is 17.0 Å². The maximum Gasteiger partial charge on any atom is 0.338 e. The lowest BCUT2D eigenvalue weighted by Gasteiger charge is -2.25. The molecular formula is C33H26N4O3S. The number of rotatable bonds is 6. The van der Waals surface area contributed by atoms with Crippen molar-refractivity contribution in [3.05, 3.63) is 138 Å². The van der Waals surface area contributed by atoms with Gasteiger partial charge in [0.1, 0.15) is 0 Å². The summed E-state index contributed by atoms with van der Waals surface area (Å²) < 4.78 is 9.45. The maximum atomic E-state index is 14.0. The molecule has 1 aliphatic heterocycles. The molecule has 7 nitrogen and oxygen atoms in total. The molecule has 0 saturated heterocycles. The van der Waals surface area contributed by atoms with Crippen LogP contribution in [0.2, 0.25) is 0 Å². The van der Waals surface area contributed by atoms with Crippen LogP contribution in [0.4, 0.5) is 0 Å². The third kappa shape index (κ3) is 4.71. The van der Waals surface area contributed by atoms with Gasteiger partial charge in [-0.05, 0) is 41.8 Å². The zero-order valence-electron chi connectivity index (χ0n) is 22.6. The van der Waals surface area contributed by atoms with Crippen molar-refractivity contribution in [1.82, 2.24) is 9.13 Å². The van der Waals surface area contributed by atoms with Gasteiger partial charge in [-0.3, -0.25) is 9.36 Å². The number of methoxy groups -OCH3 is 1. The number of carbonyl (C=O) groups is 1. The number of hydrogen-bond acceptors (Lipinski definition) is 6. The smallest absolute Gasteiger partial charge is 0.338 e. The number of esters is 1. The van der Waals surface area contributed by atoms with E-state index < -0.39 is 12.0 Å². The molecule has 2 aromatic heterocycles. The molecule has 6 rings (SSSR count). The minimum Gasteiger partial charge on any atom is -0.466 e. The first-order valence-electron chi connectivity index (χ1n) is 13.3. The second kappa shape index (κ2) is 10.9. The molecule has 41 heavy (non-hydrogen) atoms. The molecular weight excluding hydrogens is 532 g/mol. The molecule has 0 radical (unpaired) electrons. The Morgan fingerprint density at radius 1 is 1.07 bits per heavy atom. The Morgan fingerprint density at radius 2 is 1.80 bits per heavy atom. The van der Waals surface area contributed by atoms with Crippen molar-refractivity contribution in [2.75, 3.05) is 7.11 Å². The Balaban J connectivity index is 1.51. The Morgan fingerprint density at radius 3 is 2.51 bits per heavy atom. The molecule has 8 heteroatoms. The van der Waals surface area contributed by atoms with E-state index in [0.29, 0.717) is 39.1 Å². The van der Waals surface area contributed by atoms with Gasteiger partial charge < -0.3 is 9.30 Å². The van der Waals surface area contributed by atoms with E-state index in [1.54, 1.807) is 4.57 Å². The maximum absolute atomic E-state index is 14.0. The Kier molecular flexibility index (Phi) is 6.96. The largest absolute Gasteiger partial charge is 0.466 e. The number of para-hydroxylation sites is 1. The molecule has 3 aromatic carbocycles. The van der Waals surface area contributed by atoms with Crippen LogP contribution >= 0.6 is 11.3 Å². The zero-order valence-corrected chi connectivity index (χ0v) is 23.4. The van der Waals surface area contributed by atoms with Crippen LogP contribution in [0.5, 0.6) is 0 Å². The molecule has 3 heterocycles. The molecule has 0 unspecified atom stereocenters. The quantitative estimate of drug-likeness (QED) is 0.283. The van der Waals surface area contributed by atoms with Gasteiger partial charge in [0, 0.05) is 29.2 Å². The molecule has 0 amide bonds. The summed E-state index contributed by atoms with van der Waals surface area (Å²) in [5, 5.41) is 10.2. The van der Waals surface area contributed by atoms with E-state index in [4.69, 9.17) is 15.0 Å². The predicted molar refractivity (Wildman–Crippen MR) is 159 cm³/mol. The monoisotopic (exact) mass is 558 g/mol. The van der Waals surface area contributed by atoms with Crippen molar-refractivity contribution in [2.45, 2.75) is 25.9 Å². The van der Waals surface area contributed by atoms with Gasteiger partial charge >= 0.3 is 5.97 Å². The topological polar surface area (TPSA) is 89.4 Å². The van der Waals surface area contributed by atoms with Gasteiger partial charge in [0.15, 0.2) is 4.80 Å². The van der Waals surface area contributed by atoms with Gasteiger partial charge in [-0.2, -0.15) is 5.26 Å². The second-order valence-electron chi connectivity index (χ2n) is 9.74. The fraction of sp³-hybridized carbons (Fsp3) is 0.152. The highest BCUT2D eigenvalue weighted by atomic mass is 32.1. The Labute approximate surface area is 240 Å². The van der Waals surface area contributed by atoms with Gasteiger partial charge in [-0.25, -0.2) is 9.79 Å². The number of fused-ring (bicyclic) bond motifs is 2. The third-order valence-electron chi connectivity index (χ3n) is 7.31. The summed E-state index contributed by atoms with van der Waals surface area (Å²) in [7, 11) is 1.35. The predicted octanol–water partition coefficient (Wildman–Crippen LogP) is 4.67. The summed E-state index contributed by atoms with van der Waals surface area (Å²) >= 11 is 1.32. The van der Waals surface area contributed by atoms with E-state index in [0.717, 1.165) is 27.6 Å². The van der Waals surface area contributed by atoms with Crippen LogP contribution in [0.1, 0.15) is 41.6 Å². The zero-order chi connectivity index (χ0) is 28.5. The van der Waals surface area contributed by atoms with Crippen LogP contribution in [0, 0.1) is 11.3 Å². The minimum atomic E-state index is -0.630. The van der Waals surface area contributed by atoms with E-state index in [9.17, 15) is 9.59 Å². The summed E-state index contributed by atoms with van der Waals surface area (Å²) in [6.07, 6.45) is 4.49. The Bertz CT molecular complexity index is 2040. The minimum absolute atomic E-state index is 0.205. The van der Waals surface area contributed by atoms with Crippen LogP contribution in [-0.4, -0.2) is 22.2 Å². The van der Waals surface area contributed by atoms with E-state index in [2.05, 4.69) is 16.7 Å². The Hall–Kier alpha value is -5.00. The normalized spacial score (nSPS) is 15.0. The highest BCUT2D eigenvalue weighted by molar-refractivity contribution is 7.07. The number of carbonyl (C=O) groups excluding carboxylic acids is 1. The van der Waals surface area contributed by atoms with Gasteiger partial charge in [0.2, 0.25) is 0 Å². The van der Waals surface area contributed by atoms with E-state index >= 15 is 0 Å². The molecule has 0 spiro atoms. The molecule has 1 atom stereocenters. The van der Waals surface area contributed by atoms with Crippen molar-refractivity contribution in [1.29, 1.82) is 5.26 Å². The molecule has 5 aromatic rings. The summed E-state index contributed by atoms with van der Waals surface area (Å²) in [5.74, 6) is -0.486. The molecule has 0 bridgehead atoms. The highest BCUT2D eigenvalue weighted by Crippen LogP contribution is 2.31. The average molecular weight is 559 g/mol. The molecule has 202 valence electrons. The first-order chi connectivity index (χ1) is 20.0. The SMILES string of the molecule is CCC1=C(C(=O)OC)[C@@H](c2ccccc2)n2c(s/c(=C/c3cn(Cc4ccc(C#N)cc4)c4ccccc34)c2=O)=N1. The second-order valence-corrected chi connectivity index (χ2v) is 10.7. The number of nitriles is 1. The number of hydrogen-bond donors (Lipinski definition) is 0. The lowest BCUT2D eigenvalue weighted by Crippen LogP contribution is -2.40. The lowest BCUT2D eigenvalue weighted by molar-refractivity contribution is -0.136. The van der Waals surface area contributed by atoms with Gasteiger partial charge in [-0.15, -0.1) is 0 Å². The molecule has 0 saturated carbocycles. The summed E-state index contributed by atoms with van der Waals surface area (Å²) in [5.41, 5.74) is 5.27. The van der Waals surface area contributed by atoms with Crippen LogP contribution in [0.15, 0.2) is 106 Å². The van der Waals surface area contributed by atoms with E-state index in [1.165, 1.54) is 18.4 Å². The van der Waals surface area contributed by atoms with Gasteiger partial charge in [0.25, 0.3) is 5.56 Å². The highest BCUT2D eigenvalue weighted by Gasteiger charge is 2.33. The summed E-state index contributed by atoms with van der Waals surface area (Å²) in [4.78, 5) is 32.3. The molecule has 0 aliphatic carbocycles. The third-order valence-corrected chi connectivity index (χ3v) is 8.29. The average Bonchev–Trinajstić information content (AvgIpc) is 3.52. The number of allylic oxidation sites excluding steroid dienone is 1. The number of thiazole rings is 1. The van der Waals surface area contributed by atoms with E-state index in [1.807, 2.05) is 92.0 Å². The van der Waals surface area contributed by atoms with Gasteiger partial charge in [0.05, 0.1) is 40.6 Å². The summed E-state index contributed by atoms with van der Waals surface area (Å²) in [6.45, 7) is 2.57. The lowest BCUT2D eigenvalue weighted by atomic mass is 9.95. The molecule has 1 aliphatic rings. The number of ether oxygens (including phenoxy) is 1. The van der Waals surface area contributed by atoms with Crippen molar-refractivity contribution in [3.8, 4) is 6.07 Å². The first kappa shape index (κ1) is 26.2. The van der Waals surface area contributed by atoms with E-state index in [-0.39, 0.29) is 5.56 Å². The number of nitrogens with zero attached hydrogens (tertiary/aromatic N) is 4. The van der Waals surface area contributed by atoms with Crippen molar-refractivity contribution >= 4 is 34.3 Å². The fourth-order valence-electron chi connectivity index (χ4n) is 5.36.